The fourth-order valence-electron chi connectivity index (χ4n) is 3.10. The summed E-state index contributed by atoms with van der Waals surface area (Å²) in [5.41, 5.74) is 8.45. The Labute approximate surface area is 180 Å². The summed E-state index contributed by atoms with van der Waals surface area (Å²) in [6, 6.07) is 10.6. The zero-order chi connectivity index (χ0) is 21.2. The molecule has 0 spiro atoms. The van der Waals surface area contributed by atoms with E-state index in [-0.39, 0.29) is 31.3 Å². The molecule has 2 aromatic carbocycles. The molecule has 30 heavy (non-hydrogen) atoms. The van der Waals surface area contributed by atoms with Crippen molar-refractivity contribution in [2.45, 2.75) is 6.54 Å². The standard InChI is InChI=1S/C21H23FN3O3P.ClH/c1-28-21(26)15-10-18(14-4-6-17(7-5-14)29(2,3)27)20-19(11-15)25(13-24-20)12-16(22)8-9-23;/h4-8,10-11,13H,9,12,23H2,1-3H3;1H/b16-8-;. The maximum absolute atomic E-state index is 14.0. The average molecular weight is 452 g/mol. The largest absolute Gasteiger partial charge is 0.465 e. The van der Waals surface area contributed by atoms with Crippen molar-refractivity contribution in [1.29, 1.82) is 0 Å². The summed E-state index contributed by atoms with van der Waals surface area (Å²) in [4.78, 5) is 16.6. The van der Waals surface area contributed by atoms with Crippen LogP contribution in [-0.4, -0.2) is 42.5 Å². The number of methoxy groups -OCH3 is 1. The van der Waals surface area contributed by atoms with E-state index in [1.54, 1.807) is 30.0 Å². The maximum Gasteiger partial charge on any atom is 0.337 e. The number of carbonyl (C=O) groups excluding carboxylic acids is 1. The zero-order valence-electron chi connectivity index (χ0n) is 17.0. The Morgan fingerprint density at radius 3 is 2.50 bits per heavy atom. The predicted octanol–water partition coefficient (Wildman–Crippen LogP) is 3.97. The van der Waals surface area contributed by atoms with Gasteiger partial charge in [0.2, 0.25) is 0 Å². The van der Waals surface area contributed by atoms with E-state index < -0.39 is 13.1 Å². The number of hydrogen-bond donors (Lipinski definition) is 1. The van der Waals surface area contributed by atoms with Crippen LogP contribution < -0.4 is 11.0 Å². The number of benzene rings is 2. The summed E-state index contributed by atoms with van der Waals surface area (Å²) >= 11 is 0. The highest BCUT2D eigenvalue weighted by atomic mass is 35.5. The molecule has 0 saturated carbocycles. The van der Waals surface area contributed by atoms with Gasteiger partial charge >= 0.3 is 5.97 Å². The number of hydrogen-bond acceptors (Lipinski definition) is 5. The summed E-state index contributed by atoms with van der Waals surface area (Å²) < 4.78 is 32.8. The van der Waals surface area contributed by atoms with Crippen LogP contribution >= 0.6 is 19.5 Å². The lowest BCUT2D eigenvalue weighted by Crippen LogP contribution is -2.04. The van der Waals surface area contributed by atoms with Gasteiger partial charge in [-0.3, -0.25) is 0 Å². The Kier molecular flexibility index (Phi) is 7.59. The molecule has 0 aliphatic heterocycles. The van der Waals surface area contributed by atoms with Gasteiger partial charge in [-0.2, -0.15) is 0 Å². The number of fused-ring (bicyclic) bond motifs is 1. The first-order chi connectivity index (χ1) is 13.7. The second kappa shape index (κ2) is 9.56. The number of ether oxygens (including phenoxy) is 1. The van der Waals surface area contributed by atoms with Crippen molar-refractivity contribution in [3.05, 3.63) is 60.2 Å². The van der Waals surface area contributed by atoms with Crippen molar-refractivity contribution < 1.29 is 18.5 Å². The number of esters is 1. The first-order valence-corrected chi connectivity index (χ1v) is 11.6. The van der Waals surface area contributed by atoms with E-state index in [0.717, 1.165) is 10.9 Å². The number of rotatable bonds is 6. The fraction of sp³-hybridized carbons (Fsp3) is 0.238. The molecular formula is C21H24ClFN3O3P. The highest BCUT2D eigenvalue weighted by Crippen LogP contribution is 2.36. The van der Waals surface area contributed by atoms with Crippen LogP contribution in [0.2, 0.25) is 0 Å². The Hall–Kier alpha value is -2.47. The minimum absolute atomic E-state index is 0. The summed E-state index contributed by atoms with van der Waals surface area (Å²) in [5.74, 6) is -0.884. The quantitative estimate of drug-likeness (QED) is 0.452. The summed E-state index contributed by atoms with van der Waals surface area (Å²) in [7, 11) is -1.07. The van der Waals surface area contributed by atoms with Crippen molar-refractivity contribution in [3.63, 3.8) is 0 Å². The van der Waals surface area contributed by atoms with Gasteiger partial charge in [0.15, 0.2) is 0 Å². The second-order valence-corrected chi connectivity index (χ2v) is 10.3. The van der Waals surface area contributed by atoms with Crippen LogP contribution in [-0.2, 0) is 15.8 Å². The van der Waals surface area contributed by atoms with E-state index in [1.807, 2.05) is 24.3 Å². The molecule has 6 nitrogen and oxygen atoms in total. The molecule has 3 rings (SSSR count). The molecule has 160 valence electrons. The van der Waals surface area contributed by atoms with Crippen LogP contribution in [0.5, 0.6) is 0 Å². The van der Waals surface area contributed by atoms with E-state index >= 15 is 0 Å². The van der Waals surface area contributed by atoms with Crippen molar-refractivity contribution in [2.24, 2.45) is 5.73 Å². The smallest absolute Gasteiger partial charge is 0.337 e. The fourth-order valence-corrected chi connectivity index (χ4v) is 3.97. The van der Waals surface area contributed by atoms with Crippen LogP contribution in [0.25, 0.3) is 22.2 Å². The maximum atomic E-state index is 14.0. The Morgan fingerprint density at radius 1 is 1.27 bits per heavy atom. The van der Waals surface area contributed by atoms with E-state index in [4.69, 9.17) is 10.5 Å². The third-order valence-electron chi connectivity index (χ3n) is 4.61. The van der Waals surface area contributed by atoms with Gasteiger partial charge in [-0.15, -0.1) is 12.4 Å². The highest BCUT2D eigenvalue weighted by molar-refractivity contribution is 7.70. The molecule has 0 unspecified atom stereocenters. The number of allylic oxidation sites excluding steroid dienone is 1. The minimum atomic E-state index is -2.38. The third kappa shape index (κ3) is 4.98. The van der Waals surface area contributed by atoms with Crippen molar-refractivity contribution in [2.75, 3.05) is 27.0 Å². The van der Waals surface area contributed by atoms with Gasteiger partial charge in [0.1, 0.15) is 13.0 Å². The minimum Gasteiger partial charge on any atom is -0.465 e. The Bertz CT molecular complexity index is 1140. The van der Waals surface area contributed by atoms with E-state index in [9.17, 15) is 13.8 Å². The summed E-state index contributed by atoms with van der Waals surface area (Å²) in [6.45, 7) is 3.49. The molecule has 3 aromatic rings. The van der Waals surface area contributed by atoms with E-state index in [2.05, 4.69) is 4.98 Å². The molecule has 0 bridgehead atoms. The van der Waals surface area contributed by atoms with Gasteiger partial charge in [0.25, 0.3) is 0 Å². The van der Waals surface area contributed by atoms with Gasteiger partial charge in [-0.05, 0) is 37.1 Å². The molecular weight excluding hydrogens is 428 g/mol. The second-order valence-electron chi connectivity index (χ2n) is 7.04. The van der Waals surface area contributed by atoms with Crippen LogP contribution in [0.4, 0.5) is 4.39 Å². The lowest BCUT2D eigenvalue weighted by molar-refractivity contribution is 0.0601. The van der Waals surface area contributed by atoms with Crippen LogP contribution in [0.1, 0.15) is 10.4 Å². The normalized spacial score (nSPS) is 12.0. The predicted molar refractivity (Wildman–Crippen MR) is 121 cm³/mol. The van der Waals surface area contributed by atoms with Crippen molar-refractivity contribution >= 4 is 41.9 Å². The lowest BCUT2D eigenvalue weighted by Gasteiger charge is -2.11. The van der Waals surface area contributed by atoms with Crippen LogP contribution in [0.15, 0.2) is 54.6 Å². The van der Waals surface area contributed by atoms with Crippen LogP contribution in [0.3, 0.4) is 0 Å². The molecule has 0 atom stereocenters. The van der Waals surface area contributed by atoms with Gasteiger partial charge < -0.3 is 19.6 Å². The van der Waals surface area contributed by atoms with Gasteiger partial charge in [0.05, 0.1) is 36.6 Å². The van der Waals surface area contributed by atoms with E-state index in [1.165, 1.54) is 19.5 Å². The van der Waals surface area contributed by atoms with Gasteiger partial charge in [0, 0.05) is 17.4 Å². The third-order valence-corrected chi connectivity index (χ3v) is 6.15. The Balaban J connectivity index is 0.00000320. The SMILES string of the molecule is COC(=O)c1cc(-c2ccc(P(C)(C)=O)cc2)c2ncn(C/C(F)=C/CN)c2c1.Cl. The number of nitrogens with zero attached hydrogens (tertiary/aromatic N) is 2. The summed E-state index contributed by atoms with van der Waals surface area (Å²) in [5, 5.41) is 0.765. The van der Waals surface area contributed by atoms with Crippen molar-refractivity contribution in [3.8, 4) is 11.1 Å². The molecule has 0 saturated heterocycles. The number of halogens is 2. The molecule has 1 heterocycles. The average Bonchev–Trinajstić information content (AvgIpc) is 3.09. The monoisotopic (exact) mass is 451 g/mol. The molecule has 0 aliphatic rings. The lowest BCUT2D eigenvalue weighted by atomic mass is 10.0. The molecule has 1 aromatic heterocycles. The van der Waals surface area contributed by atoms with Gasteiger partial charge in [-0.1, -0.05) is 24.3 Å². The van der Waals surface area contributed by atoms with E-state index in [0.29, 0.717) is 22.2 Å². The zero-order valence-corrected chi connectivity index (χ0v) is 18.7. The number of nitrogens with two attached hydrogens (primary N) is 1. The molecule has 0 aliphatic carbocycles. The van der Waals surface area contributed by atoms with Gasteiger partial charge in [-0.25, -0.2) is 14.2 Å². The molecule has 0 amide bonds. The number of carbonyl (C=O) groups is 1. The number of imidazole rings is 1. The molecule has 2 N–H and O–H groups in total. The van der Waals surface area contributed by atoms with Crippen molar-refractivity contribution in [1.82, 2.24) is 9.55 Å². The molecule has 0 fully saturated rings. The highest BCUT2D eigenvalue weighted by Gasteiger charge is 2.17. The topological polar surface area (TPSA) is 87.2 Å². The Morgan fingerprint density at radius 2 is 1.93 bits per heavy atom. The first kappa shape index (κ1) is 23.8. The first-order valence-electron chi connectivity index (χ1n) is 9.02. The molecule has 0 radical (unpaired) electrons. The number of aromatic nitrogens is 2. The summed E-state index contributed by atoms with van der Waals surface area (Å²) in [6.07, 6.45) is 2.82. The van der Waals surface area contributed by atoms with Crippen LogP contribution in [0, 0.1) is 0 Å². The molecule has 9 heteroatoms.